The highest BCUT2D eigenvalue weighted by Crippen LogP contribution is 2.34. The van der Waals surface area contributed by atoms with E-state index in [1.807, 2.05) is 6.07 Å². The van der Waals surface area contributed by atoms with E-state index in [4.69, 9.17) is 33.4 Å². The Kier molecular flexibility index (Phi) is 3.59. The van der Waals surface area contributed by atoms with Crippen LogP contribution in [-0.4, -0.2) is 26.5 Å². The van der Waals surface area contributed by atoms with Gasteiger partial charge in [0, 0.05) is 5.56 Å². The summed E-state index contributed by atoms with van der Waals surface area (Å²) in [5.41, 5.74) is 6.03. The molecule has 106 valence electrons. The zero-order valence-corrected chi connectivity index (χ0v) is 12.0. The highest BCUT2D eigenvalue weighted by molar-refractivity contribution is 6.43. The lowest BCUT2D eigenvalue weighted by Gasteiger charge is -2.01. The molecular formula is C12H8Cl2N6O. The summed E-state index contributed by atoms with van der Waals surface area (Å²) in [6.45, 7) is 0. The predicted octanol–water partition coefficient (Wildman–Crippen LogP) is 2.70. The largest absolute Gasteiger partial charge is 0.455 e. The van der Waals surface area contributed by atoms with Gasteiger partial charge in [-0.05, 0) is 34.4 Å². The second-order valence-corrected chi connectivity index (χ2v) is 4.75. The number of benzene rings is 1. The third-order valence-corrected chi connectivity index (χ3v) is 3.37. The van der Waals surface area contributed by atoms with E-state index in [1.165, 1.54) is 6.21 Å². The number of hydrogen-bond acceptors (Lipinski definition) is 6. The molecule has 0 aliphatic carbocycles. The fraction of sp³-hybridized carbons (Fsp3) is 0. The van der Waals surface area contributed by atoms with E-state index < -0.39 is 0 Å². The number of aromatic nitrogens is 4. The molecule has 0 saturated heterocycles. The van der Waals surface area contributed by atoms with Gasteiger partial charge in [0.1, 0.15) is 11.5 Å². The SMILES string of the molecule is Nc1nnn(N=Cc2ccc(-c3cccc(Cl)c3Cl)o2)n1. The standard InChI is InChI=1S/C12H8Cl2N6O/c13-9-3-1-2-8(11(9)14)10-5-4-7(21-10)6-16-20-18-12(15)17-19-20/h1-6H,(H2,15,18). The predicted molar refractivity (Wildman–Crippen MR) is 79.4 cm³/mol. The summed E-state index contributed by atoms with van der Waals surface area (Å²) in [7, 11) is 0. The van der Waals surface area contributed by atoms with Gasteiger partial charge in [0.2, 0.25) is 0 Å². The molecule has 9 heteroatoms. The van der Waals surface area contributed by atoms with Crippen molar-refractivity contribution in [2.45, 2.75) is 0 Å². The maximum atomic E-state index is 6.14. The molecule has 0 saturated carbocycles. The monoisotopic (exact) mass is 322 g/mol. The lowest BCUT2D eigenvalue weighted by molar-refractivity contribution is 0.568. The molecule has 3 aromatic rings. The van der Waals surface area contributed by atoms with Gasteiger partial charge < -0.3 is 10.2 Å². The maximum absolute atomic E-state index is 6.14. The van der Waals surface area contributed by atoms with E-state index >= 15 is 0 Å². The summed E-state index contributed by atoms with van der Waals surface area (Å²) in [6.07, 6.45) is 1.43. The molecule has 0 atom stereocenters. The van der Waals surface area contributed by atoms with Crippen LogP contribution in [-0.2, 0) is 0 Å². The van der Waals surface area contributed by atoms with Crippen LogP contribution in [0.2, 0.25) is 10.0 Å². The van der Waals surface area contributed by atoms with E-state index in [-0.39, 0.29) is 5.95 Å². The molecular weight excluding hydrogens is 315 g/mol. The fourth-order valence-corrected chi connectivity index (χ4v) is 2.03. The minimum atomic E-state index is 0.0398. The van der Waals surface area contributed by atoms with Crippen molar-refractivity contribution in [1.82, 2.24) is 20.3 Å². The van der Waals surface area contributed by atoms with E-state index in [1.54, 1.807) is 24.3 Å². The van der Waals surface area contributed by atoms with Gasteiger partial charge in [0.25, 0.3) is 5.95 Å². The molecule has 7 nitrogen and oxygen atoms in total. The molecule has 21 heavy (non-hydrogen) atoms. The first-order valence-electron chi connectivity index (χ1n) is 5.77. The summed E-state index contributed by atoms with van der Waals surface area (Å²) in [5.74, 6) is 1.12. The topological polar surface area (TPSA) is 95.1 Å². The third kappa shape index (κ3) is 2.88. The summed E-state index contributed by atoms with van der Waals surface area (Å²) in [4.78, 5) is 0.990. The number of nitrogens with zero attached hydrogens (tertiary/aromatic N) is 5. The van der Waals surface area contributed by atoms with Crippen LogP contribution >= 0.6 is 23.2 Å². The molecule has 2 aromatic heterocycles. The number of nitrogens with two attached hydrogens (primary N) is 1. The van der Waals surface area contributed by atoms with Crippen molar-refractivity contribution < 1.29 is 4.42 Å². The molecule has 0 amide bonds. The van der Waals surface area contributed by atoms with Crippen LogP contribution in [0.5, 0.6) is 0 Å². The summed E-state index contributed by atoms with van der Waals surface area (Å²) >= 11 is 12.1. The van der Waals surface area contributed by atoms with Crippen LogP contribution in [0.15, 0.2) is 39.9 Å². The Balaban J connectivity index is 1.86. The first-order chi connectivity index (χ1) is 10.1. The number of halogens is 2. The molecule has 1 aromatic carbocycles. The Hall–Kier alpha value is -2.38. The van der Waals surface area contributed by atoms with E-state index in [0.29, 0.717) is 27.1 Å². The minimum Gasteiger partial charge on any atom is -0.455 e. The molecule has 0 bridgehead atoms. The maximum Gasteiger partial charge on any atom is 0.263 e. The lowest BCUT2D eigenvalue weighted by Crippen LogP contribution is -1.95. The Labute approximate surface area is 129 Å². The number of hydrogen-bond donors (Lipinski definition) is 1. The van der Waals surface area contributed by atoms with Gasteiger partial charge in [0.15, 0.2) is 0 Å². The normalized spacial score (nSPS) is 11.3. The Morgan fingerprint density at radius 1 is 1.24 bits per heavy atom. The summed E-state index contributed by atoms with van der Waals surface area (Å²) < 4.78 is 5.62. The highest BCUT2D eigenvalue weighted by atomic mass is 35.5. The smallest absolute Gasteiger partial charge is 0.263 e. The zero-order valence-electron chi connectivity index (χ0n) is 10.4. The third-order valence-electron chi connectivity index (χ3n) is 2.55. The second-order valence-electron chi connectivity index (χ2n) is 3.96. The quantitative estimate of drug-likeness (QED) is 0.748. The molecule has 0 spiro atoms. The molecule has 0 unspecified atom stereocenters. The second kappa shape index (κ2) is 5.55. The van der Waals surface area contributed by atoms with Crippen LogP contribution in [0.4, 0.5) is 5.95 Å². The van der Waals surface area contributed by atoms with Gasteiger partial charge in [-0.15, -0.1) is 5.10 Å². The van der Waals surface area contributed by atoms with Gasteiger partial charge >= 0.3 is 0 Å². The van der Waals surface area contributed by atoms with Crippen LogP contribution in [0, 0.1) is 0 Å². The van der Waals surface area contributed by atoms with Gasteiger partial charge in [-0.3, -0.25) is 0 Å². The number of rotatable bonds is 3. The van der Waals surface area contributed by atoms with Crippen LogP contribution in [0.25, 0.3) is 11.3 Å². The Morgan fingerprint density at radius 2 is 2.10 bits per heavy atom. The lowest BCUT2D eigenvalue weighted by atomic mass is 10.2. The minimum absolute atomic E-state index is 0.0398. The van der Waals surface area contributed by atoms with Gasteiger partial charge in [0.05, 0.1) is 16.3 Å². The van der Waals surface area contributed by atoms with Crippen molar-refractivity contribution in [3.8, 4) is 11.3 Å². The molecule has 0 radical (unpaired) electrons. The summed E-state index contributed by atoms with van der Waals surface area (Å²) in [5, 5.41) is 15.6. The molecule has 2 N–H and O–H groups in total. The van der Waals surface area contributed by atoms with Crippen molar-refractivity contribution >= 4 is 35.4 Å². The number of furan rings is 1. The van der Waals surface area contributed by atoms with Gasteiger partial charge in [-0.2, -0.15) is 0 Å². The molecule has 0 aliphatic rings. The van der Waals surface area contributed by atoms with E-state index in [9.17, 15) is 0 Å². The van der Waals surface area contributed by atoms with Crippen molar-refractivity contribution in [3.05, 3.63) is 46.1 Å². The molecule has 0 aliphatic heterocycles. The fourth-order valence-electron chi connectivity index (χ4n) is 1.64. The molecule has 2 heterocycles. The van der Waals surface area contributed by atoms with Crippen LogP contribution < -0.4 is 5.73 Å². The Morgan fingerprint density at radius 3 is 2.86 bits per heavy atom. The Bertz CT molecular complexity index is 810. The van der Waals surface area contributed by atoms with Crippen molar-refractivity contribution in [3.63, 3.8) is 0 Å². The van der Waals surface area contributed by atoms with Gasteiger partial charge in [-0.25, -0.2) is 0 Å². The number of tetrazole rings is 1. The first kappa shape index (κ1) is 13.6. The summed E-state index contributed by atoms with van der Waals surface area (Å²) in [6, 6.07) is 8.81. The molecule has 0 fully saturated rings. The first-order valence-corrected chi connectivity index (χ1v) is 6.53. The highest BCUT2D eigenvalue weighted by Gasteiger charge is 2.10. The zero-order chi connectivity index (χ0) is 14.8. The van der Waals surface area contributed by atoms with Crippen molar-refractivity contribution in [1.29, 1.82) is 0 Å². The average Bonchev–Trinajstić information content (AvgIpc) is 3.08. The van der Waals surface area contributed by atoms with Gasteiger partial charge in [-0.1, -0.05) is 39.5 Å². The molecule has 3 rings (SSSR count). The average molecular weight is 323 g/mol. The number of anilines is 1. The van der Waals surface area contributed by atoms with Crippen molar-refractivity contribution in [2.24, 2.45) is 5.10 Å². The van der Waals surface area contributed by atoms with E-state index in [0.717, 1.165) is 4.91 Å². The van der Waals surface area contributed by atoms with Crippen LogP contribution in [0.1, 0.15) is 5.76 Å². The number of nitrogen functional groups attached to an aromatic ring is 1. The van der Waals surface area contributed by atoms with E-state index in [2.05, 4.69) is 20.5 Å². The van der Waals surface area contributed by atoms with Crippen molar-refractivity contribution in [2.75, 3.05) is 5.73 Å². The van der Waals surface area contributed by atoms with Crippen LogP contribution in [0.3, 0.4) is 0 Å².